The summed E-state index contributed by atoms with van der Waals surface area (Å²) in [5, 5.41) is 9.73. The van der Waals surface area contributed by atoms with Crippen LogP contribution in [-0.2, 0) is 0 Å². The van der Waals surface area contributed by atoms with Gasteiger partial charge in [-0.3, -0.25) is 14.3 Å². The summed E-state index contributed by atoms with van der Waals surface area (Å²) in [6.07, 6.45) is 6.81. The molecule has 1 aliphatic rings. The van der Waals surface area contributed by atoms with Gasteiger partial charge in [0.05, 0.1) is 11.1 Å². The lowest BCUT2D eigenvalue weighted by molar-refractivity contribution is 0.0891. The Morgan fingerprint density at radius 1 is 1.56 bits per heavy atom. The first kappa shape index (κ1) is 9.10. The van der Waals surface area contributed by atoms with Crippen LogP contribution < -0.4 is 0 Å². The number of nitrogens with zero attached hydrogens (tertiary/aromatic N) is 3. The van der Waals surface area contributed by atoms with Crippen molar-refractivity contribution in [3.05, 3.63) is 30.2 Å². The van der Waals surface area contributed by atoms with Crippen LogP contribution in [0.1, 0.15) is 23.2 Å². The van der Waals surface area contributed by atoms with Gasteiger partial charge in [-0.25, -0.2) is 0 Å². The first-order chi connectivity index (χ1) is 7.81. The summed E-state index contributed by atoms with van der Waals surface area (Å²) in [5.74, 6) is 0.244. The molecule has 3 rings (SSSR count). The minimum absolute atomic E-state index is 0.0951. The average Bonchev–Trinajstić information content (AvgIpc) is 3.09. The van der Waals surface area contributed by atoms with Gasteiger partial charge < -0.3 is 0 Å². The molecule has 1 fully saturated rings. The average molecular weight is 211 g/mol. The van der Waals surface area contributed by atoms with Crippen LogP contribution in [0.2, 0.25) is 0 Å². The van der Waals surface area contributed by atoms with Crippen LogP contribution in [-0.4, -0.2) is 15.5 Å². The lowest BCUT2D eigenvalue weighted by Gasteiger charge is -2.00. The van der Waals surface area contributed by atoms with Crippen LogP contribution in [0.25, 0.3) is 10.9 Å². The van der Waals surface area contributed by atoms with E-state index >= 15 is 0 Å². The third kappa shape index (κ3) is 1.22. The highest BCUT2D eigenvalue weighted by Gasteiger charge is 2.31. The Labute approximate surface area is 92.1 Å². The Morgan fingerprint density at radius 2 is 2.38 bits per heavy atom. The van der Waals surface area contributed by atoms with Crippen LogP contribution in [0.15, 0.2) is 24.7 Å². The van der Waals surface area contributed by atoms with Gasteiger partial charge in [-0.15, -0.1) is 0 Å². The molecular formula is C12H9N3O. The Kier molecular flexibility index (Phi) is 1.80. The second-order valence-electron chi connectivity index (χ2n) is 4.03. The Morgan fingerprint density at radius 3 is 3.06 bits per heavy atom. The number of hydrogen-bond donors (Lipinski definition) is 0. The molecule has 4 heteroatoms. The Balaban J connectivity index is 2.25. The number of fused-ring (bicyclic) bond motifs is 1. The highest BCUT2D eigenvalue weighted by Crippen LogP contribution is 2.32. The number of rotatable bonds is 1. The first-order valence-corrected chi connectivity index (χ1v) is 5.20. The van der Waals surface area contributed by atoms with E-state index in [1.807, 2.05) is 0 Å². The highest BCUT2D eigenvalue weighted by atomic mass is 16.2. The minimum atomic E-state index is 0.0951. The molecule has 2 aromatic heterocycles. The molecule has 2 aromatic rings. The lowest BCUT2D eigenvalue weighted by Crippen LogP contribution is -2.10. The largest absolute Gasteiger partial charge is 0.286 e. The minimum Gasteiger partial charge on any atom is -0.286 e. The number of aromatic nitrogens is 2. The Bertz CT molecular complexity index is 617. The third-order valence-corrected chi connectivity index (χ3v) is 2.89. The monoisotopic (exact) mass is 211 g/mol. The van der Waals surface area contributed by atoms with Gasteiger partial charge in [0.1, 0.15) is 6.07 Å². The van der Waals surface area contributed by atoms with Crippen molar-refractivity contribution >= 4 is 16.8 Å². The van der Waals surface area contributed by atoms with Gasteiger partial charge in [0.15, 0.2) is 0 Å². The molecule has 4 nitrogen and oxygen atoms in total. The zero-order valence-corrected chi connectivity index (χ0v) is 8.55. The maximum Gasteiger partial charge on any atom is 0.234 e. The number of carbonyl (C=O) groups is 1. The second kappa shape index (κ2) is 3.17. The number of nitriles is 1. The molecule has 0 N–H and O–H groups in total. The van der Waals surface area contributed by atoms with Crippen molar-refractivity contribution < 1.29 is 4.79 Å². The van der Waals surface area contributed by atoms with E-state index in [1.165, 1.54) is 0 Å². The fraction of sp³-hybridized carbons (Fsp3) is 0.250. The van der Waals surface area contributed by atoms with E-state index in [4.69, 9.17) is 5.26 Å². The van der Waals surface area contributed by atoms with Gasteiger partial charge in [0.2, 0.25) is 5.91 Å². The van der Waals surface area contributed by atoms with E-state index < -0.39 is 0 Å². The van der Waals surface area contributed by atoms with Crippen molar-refractivity contribution in [1.82, 2.24) is 9.55 Å². The third-order valence-electron chi connectivity index (χ3n) is 2.89. The summed E-state index contributed by atoms with van der Waals surface area (Å²) in [4.78, 5) is 16.0. The predicted octanol–water partition coefficient (Wildman–Crippen LogP) is 1.96. The van der Waals surface area contributed by atoms with E-state index in [1.54, 1.807) is 29.2 Å². The lowest BCUT2D eigenvalue weighted by atomic mass is 10.2. The molecule has 1 saturated carbocycles. The van der Waals surface area contributed by atoms with Crippen LogP contribution >= 0.6 is 0 Å². The smallest absolute Gasteiger partial charge is 0.234 e. The van der Waals surface area contributed by atoms with E-state index in [2.05, 4.69) is 11.1 Å². The van der Waals surface area contributed by atoms with E-state index in [9.17, 15) is 4.79 Å². The molecule has 0 atom stereocenters. The van der Waals surface area contributed by atoms with Crippen molar-refractivity contribution in [1.29, 1.82) is 5.26 Å². The molecule has 16 heavy (non-hydrogen) atoms. The van der Waals surface area contributed by atoms with Gasteiger partial charge in [0, 0.05) is 29.9 Å². The van der Waals surface area contributed by atoms with E-state index in [0.717, 1.165) is 23.7 Å². The van der Waals surface area contributed by atoms with Crippen LogP contribution in [0.3, 0.4) is 0 Å². The summed E-state index contributed by atoms with van der Waals surface area (Å²) in [5.41, 5.74) is 1.29. The molecule has 78 valence electrons. The predicted molar refractivity (Wildman–Crippen MR) is 57.8 cm³/mol. The van der Waals surface area contributed by atoms with Gasteiger partial charge in [-0.05, 0) is 18.9 Å². The van der Waals surface area contributed by atoms with Crippen LogP contribution in [0.5, 0.6) is 0 Å². The van der Waals surface area contributed by atoms with Crippen molar-refractivity contribution in [2.45, 2.75) is 12.8 Å². The zero-order chi connectivity index (χ0) is 11.1. The molecule has 0 saturated heterocycles. The maximum atomic E-state index is 12.0. The summed E-state index contributed by atoms with van der Waals surface area (Å²) in [6.45, 7) is 0. The van der Waals surface area contributed by atoms with Crippen molar-refractivity contribution in [2.75, 3.05) is 0 Å². The summed E-state index contributed by atoms with van der Waals surface area (Å²) in [6, 6.07) is 3.87. The molecule has 0 aliphatic heterocycles. The number of carbonyl (C=O) groups excluding carboxylic acids is 1. The van der Waals surface area contributed by atoms with E-state index in [0.29, 0.717) is 5.56 Å². The number of hydrogen-bond acceptors (Lipinski definition) is 3. The van der Waals surface area contributed by atoms with Crippen LogP contribution in [0.4, 0.5) is 0 Å². The quantitative estimate of drug-likeness (QED) is 0.724. The standard InChI is InChI=1S/C12H9N3O/c13-5-9-7-15(12(16)8-1-2-8)11-3-4-14-6-10(9)11/h3-4,6-8H,1-2H2. The SMILES string of the molecule is N#Cc1cn(C(=O)C2CC2)c2ccncc12. The fourth-order valence-electron chi connectivity index (χ4n) is 1.87. The molecule has 0 aromatic carbocycles. The molecule has 0 unspecified atom stereocenters. The highest BCUT2D eigenvalue weighted by molar-refractivity contribution is 5.96. The first-order valence-electron chi connectivity index (χ1n) is 5.20. The molecule has 2 heterocycles. The summed E-state index contributed by atoms with van der Waals surface area (Å²) in [7, 11) is 0. The molecule has 0 bridgehead atoms. The van der Waals surface area contributed by atoms with Gasteiger partial charge in [-0.2, -0.15) is 5.26 Å². The van der Waals surface area contributed by atoms with Crippen molar-refractivity contribution in [3.63, 3.8) is 0 Å². The normalized spacial score (nSPS) is 14.9. The maximum absolute atomic E-state index is 12.0. The molecule has 0 amide bonds. The molecule has 1 aliphatic carbocycles. The van der Waals surface area contributed by atoms with Gasteiger partial charge in [0.25, 0.3) is 0 Å². The topological polar surface area (TPSA) is 58.7 Å². The van der Waals surface area contributed by atoms with E-state index in [-0.39, 0.29) is 11.8 Å². The Hall–Kier alpha value is -2.15. The molecule has 0 radical (unpaired) electrons. The van der Waals surface area contributed by atoms with Gasteiger partial charge >= 0.3 is 0 Å². The van der Waals surface area contributed by atoms with Crippen LogP contribution in [0, 0.1) is 17.2 Å². The summed E-state index contributed by atoms with van der Waals surface area (Å²) >= 11 is 0. The second-order valence-corrected chi connectivity index (χ2v) is 4.03. The zero-order valence-electron chi connectivity index (χ0n) is 8.55. The van der Waals surface area contributed by atoms with Crippen molar-refractivity contribution in [2.24, 2.45) is 5.92 Å². The van der Waals surface area contributed by atoms with Gasteiger partial charge in [-0.1, -0.05) is 0 Å². The molecule has 0 spiro atoms. The molecular weight excluding hydrogens is 202 g/mol. The van der Waals surface area contributed by atoms with Crippen molar-refractivity contribution in [3.8, 4) is 6.07 Å². The summed E-state index contributed by atoms with van der Waals surface area (Å²) < 4.78 is 1.59. The fourth-order valence-corrected chi connectivity index (χ4v) is 1.87. The number of pyridine rings is 1.